The number of likely N-dealkylation sites (tertiary alicyclic amines) is 2. The van der Waals surface area contributed by atoms with Gasteiger partial charge in [0, 0.05) is 61.7 Å². The van der Waals surface area contributed by atoms with Crippen LogP contribution < -0.4 is 21.3 Å². The minimum atomic E-state index is -1.27. The Kier molecular flexibility index (Phi) is 18.2. The second kappa shape index (κ2) is 24.4. The van der Waals surface area contributed by atoms with Crippen LogP contribution in [0.2, 0.25) is 0 Å². The number of hydrogen-bond acceptors (Lipinski definition) is 16. The molecule has 0 radical (unpaired) electrons. The van der Waals surface area contributed by atoms with Crippen LogP contribution in [0.5, 0.6) is 0 Å². The van der Waals surface area contributed by atoms with Gasteiger partial charge in [0.1, 0.15) is 23.7 Å². The highest BCUT2D eigenvalue weighted by Crippen LogP contribution is 2.49. The molecule has 16 atom stereocenters. The van der Waals surface area contributed by atoms with Crippen molar-refractivity contribution in [1.82, 2.24) is 36.0 Å². The molecule has 4 fully saturated rings. The Hall–Kier alpha value is -3.63. The number of rotatable bonds is 17. The maximum atomic E-state index is 17.2. The van der Waals surface area contributed by atoms with E-state index >= 15 is 4.39 Å². The summed E-state index contributed by atoms with van der Waals surface area (Å²) in [4.78, 5) is 47.3. The number of aryl methyl sites for hydroxylation is 1. The summed E-state index contributed by atoms with van der Waals surface area (Å²) in [5.41, 5.74) is 1.78. The fraction of sp³-hybridized carbons (Fsp3) is 0.745. The summed E-state index contributed by atoms with van der Waals surface area (Å²) in [5.74, 6) is 1.03. The molecule has 4 saturated heterocycles. The monoisotopic (exact) mass is 1050 g/mol. The Labute approximate surface area is 441 Å². The predicted octanol–water partition coefficient (Wildman–Crippen LogP) is 5.27. The Morgan fingerprint density at radius 2 is 1.61 bits per heavy atom. The average Bonchev–Trinajstić information content (AvgIpc) is 4.26. The molecule has 0 bridgehead atoms. The number of carbonyl (C=O) groups is 2. The van der Waals surface area contributed by atoms with E-state index in [1.165, 1.54) is 24.7 Å². The topological polar surface area (TPSA) is 194 Å². The molecule has 0 spiro atoms. The molecule has 8 heterocycles. The molecule has 7 aliphatic heterocycles. The lowest BCUT2D eigenvalue weighted by molar-refractivity contribution is -0.149. The molecule has 2 amide bonds. The average molecular weight is 1050 g/mol. The minimum Gasteiger partial charge on any atom is -0.376 e. The molecule has 0 saturated carbocycles. The Bertz CT molecular complexity index is 2270. The first-order valence-electron chi connectivity index (χ1n) is 27.7. The number of methoxy groups -OCH3 is 2. The number of nitrogens with one attached hydrogen (secondary N) is 4. The lowest BCUT2D eigenvalue weighted by Gasteiger charge is -2.40. The van der Waals surface area contributed by atoms with Crippen LogP contribution in [-0.2, 0) is 35.0 Å². The molecule has 17 nitrogen and oxygen atoms in total. The van der Waals surface area contributed by atoms with Crippen molar-refractivity contribution >= 4 is 34.8 Å². The van der Waals surface area contributed by atoms with E-state index in [1.54, 1.807) is 17.4 Å². The standard InChI is InChI=1S/C55H84FN9O8S/c1-9-12-38-16-18-46(74-38)53-65-42-17-15-34(40-28-57-50(59-40)44-14-11-21-64(44)52(67)48(62-55(69)71-8)37-23-31(4)73-32(5)24-37)25-36(42)27-45(65)33(6)39(56)26-35(19-22-72-53)41-29-58-49(60-41)43-13-10-20-63(43)51(66)47(30(2)3)61-54(68)70-7/h15-16,18,26,30-32,35-37,40-45,47-48,53-55,61-62,68-69H,6,9-14,17,19-25,27-29H2,1-5,7-8H3,(H,57,59)(H,58,60)/b39-26+/t31-,32+,35-,36-,37?,40+,41-,42-,43-,44-,45-,47-,48?,53?,54-,55+/m0/s1. The number of hydrogen-bond donors (Lipinski definition) is 6. The molecule has 1 aliphatic carbocycles. The van der Waals surface area contributed by atoms with E-state index in [0.29, 0.717) is 57.6 Å². The second-order valence-corrected chi connectivity index (χ2v) is 23.7. The SMILES string of the molecule is C=C1/C(F)=C\[C@@H]([C@@H]2CN=C([C@@H]3CCCN3C(=O)[C@@H](N[C@@H](O)OC)C(C)C)N2)CCOC(c2ccc(CCC)s2)N2[C@H]1C[C@@H]1CC([C@H]3CN=C([C@@H]4CCCN4C(=O)C(N[C@H](O)OC)C4C[C@@H](C)O[C@@H](C)C4)N3)=CC[C@@H]12. The van der Waals surface area contributed by atoms with Crippen molar-refractivity contribution in [1.29, 1.82) is 0 Å². The van der Waals surface area contributed by atoms with E-state index in [-0.39, 0.29) is 96.0 Å². The van der Waals surface area contributed by atoms with Gasteiger partial charge in [-0.25, -0.2) is 4.39 Å². The number of carbonyl (C=O) groups excluding carboxylic acids is 2. The number of amides is 2. The third kappa shape index (κ3) is 11.9. The number of halogens is 1. The van der Waals surface area contributed by atoms with Gasteiger partial charge in [-0.3, -0.25) is 35.1 Å². The van der Waals surface area contributed by atoms with Crippen LogP contribution in [0.3, 0.4) is 0 Å². The van der Waals surface area contributed by atoms with Crippen LogP contribution in [0.4, 0.5) is 4.39 Å². The number of aliphatic hydroxyl groups is 2. The fourth-order valence-electron chi connectivity index (χ4n) is 13.5. The Morgan fingerprint density at radius 1 is 0.932 bits per heavy atom. The number of ether oxygens (including phenoxy) is 4. The van der Waals surface area contributed by atoms with Gasteiger partial charge in [-0.15, -0.1) is 11.3 Å². The molecule has 1 aromatic heterocycles. The maximum Gasteiger partial charge on any atom is 0.240 e. The number of nitrogens with zero attached hydrogens (tertiary/aromatic N) is 5. The van der Waals surface area contributed by atoms with Gasteiger partial charge in [0.25, 0.3) is 0 Å². The summed E-state index contributed by atoms with van der Waals surface area (Å²) in [5, 5.41) is 34.2. The second-order valence-electron chi connectivity index (χ2n) is 22.5. The first kappa shape index (κ1) is 55.1. The third-order valence-electron chi connectivity index (χ3n) is 17.1. The van der Waals surface area contributed by atoms with Gasteiger partial charge in [-0.05, 0) is 132 Å². The molecule has 9 rings (SSSR count). The summed E-state index contributed by atoms with van der Waals surface area (Å²) in [6.07, 6.45) is 10.9. The molecule has 3 unspecified atom stereocenters. The van der Waals surface area contributed by atoms with Crippen LogP contribution >= 0.6 is 11.3 Å². The predicted molar refractivity (Wildman–Crippen MR) is 284 cm³/mol. The van der Waals surface area contributed by atoms with Crippen molar-refractivity contribution in [2.45, 2.75) is 191 Å². The summed E-state index contributed by atoms with van der Waals surface area (Å²) < 4.78 is 40.5. The van der Waals surface area contributed by atoms with Crippen molar-refractivity contribution in [3.63, 3.8) is 0 Å². The van der Waals surface area contributed by atoms with Gasteiger partial charge < -0.3 is 49.6 Å². The Morgan fingerprint density at radius 3 is 2.30 bits per heavy atom. The van der Waals surface area contributed by atoms with Crippen LogP contribution in [0.25, 0.3) is 0 Å². The molecule has 0 aromatic carbocycles. The zero-order valence-corrected chi connectivity index (χ0v) is 45.5. The summed E-state index contributed by atoms with van der Waals surface area (Å²) in [6, 6.07) is 2.38. The molecule has 6 N–H and O–H groups in total. The number of fused-ring (bicyclic) bond motifs is 3. The molecular weight excluding hydrogens is 966 g/mol. The quantitative estimate of drug-likeness (QED) is 0.0875. The van der Waals surface area contributed by atoms with Crippen molar-refractivity contribution in [2.75, 3.05) is 47.0 Å². The van der Waals surface area contributed by atoms with Gasteiger partial charge in [0.2, 0.25) is 24.6 Å². The van der Waals surface area contributed by atoms with Crippen molar-refractivity contribution in [2.24, 2.45) is 33.7 Å². The highest BCUT2D eigenvalue weighted by Gasteiger charge is 2.50. The van der Waals surface area contributed by atoms with Crippen molar-refractivity contribution in [3.8, 4) is 0 Å². The number of thiophene rings is 1. The first-order valence-corrected chi connectivity index (χ1v) is 28.5. The lowest BCUT2D eigenvalue weighted by Crippen LogP contribution is -2.58. The van der Waals surface area contributed by atoms with Crippen molar-refractivity contribution < 1.29 is 43.1 Å². The fourth-order valence-corrected chi connectivity index (χ4v) is 14.7. The zero-order chi connectivity index (χ0) is 52.4. The van der Waals surface area contributed by atoms with E-state index in [2.05, 4.69) is 57.9 Å². The zero-order valence-electron chi connectivity index (χ0n) is 44.7. The first-order chi connectivity index (χ1) is 35.6. The van der Waals surface area contributed by atoms with Crippen LogP contribution in [-0.4, -0.2) is 169 Å². The summed E-state index contributed by atoms with van der Waals surface area (Å²) in [6.45, 7) is 17.3. The number of aliphatic imine (C=N–C) groups is 2. The molecule has 19 heteroatoms. The van der Waals surface area contributed by atoms with Gasteiger partial charge in [-0.1, -0.05) is 39.8 Å². The van der Waals surface area contributed by atoms with Gasteiger partial charge in [0.15, 0.2) is 0 Å². The Balaban J connectivity index is 0.891. The smallest absolute Gasteiger partial charge is 0.240 e. The van der Waals surface area contributed by atoms with E-state index in [9.17, 15) is 19.8 Å². The number of amidine groups is 2. The van der Waals surface area contributed by atoms with E-state index in [0.717, 1.165) is 74.3 Å². The molecular formula is C55H84FN9O8S. The largest absolute Gasteiger partial charge is 0.376 e. The van der Waals surface area contributed by atoms with Crippen LogP contribution in [0.15, 0.2) is 57.8 Å². The number of aliphatic hydroxyl groups excluding tert-OH is 2. The third-order valence-corrected chi connectivity index (χ3v) is 18.3. The van der Waals surface area contributed by atoms with Crippen molar-refractivity contribution in [3.05, 3.63) is 57.6 Å². The lowest BCUT2D eigenvalue weighted by atomic mass is 9.81. The van der Waals surface area contributed by atoms with Gasteiger partial charge in [-0.2, -0.15) is 0 Å². The molecule has 74 heavy (non-hydrogen) atoms. The normalized spacial score (nSPS) is 35.2. The van der Waals surface area contributed by atoms with E-state index in [1.807, 2.05) is 37.5 Å². The summed E-state index contributed by atoms with van der Waals surface area (Å²) >= 11 is 1.79. The van der Waals surface area contributed by atoms with E-state index in [4.69, 9.17) is 28.9 Å². The highest BCUT2D eigenvalue weighted by atomic mass is 32.1. The molecule has 410 valence electrons. The summed E-state index contributed by atoms with van der Waals surface area (Å²) in [7, 11) is 2.81. The van der Waals surface area contributed by atoms with Gasteiger partial charge >= 0.3 is 0 Å². The van der Waals surface area contributed by atoms with Crippen LogP contribution in [0.1, 0.15) is 121 Å². The van der Waals surface area contributed by atoms with Crippen LogP contribution in [0, 0.1) is 23.7 Å². The molecule has 8 aliphatic rings. The van der Waals surface area contributed by atoms with E-state index < -0.39 is 24.9 Å². The minimum absolute atomic E-state index is 0.00152. The maximum absolute atomic E-state index is 17.2. The van der Waals surface area contributed by atoms with Gasteiger partial charge in [0.05, 0.1) is 61.5 Å². The molecule has 1 aromatic rings. The highest BCUT2D eigenvalue weighted by molar-refractivity contribution is 7.12.